The van der Waals surface area contributed by atoms with Crippen molar-refractivity contribution in [3.8, 4) is 0 Å². The minimum atomic E-state index is -1.19. The Labute approximate surface area is 184 Å². The fourth-order valence-corrected chi connectivity index (χ4v) is 3.87. The maximum absolute atomic E-state index is 13.2. The summed E-state index contributed by atoms with van der Waals surface area (Å²) in [5.41, 5.74) is 0.996. The minimum absolute atomic E-state index is 0.0194. The maximum atomic E-state index is 13.2. The molecule has 1 aromatic carbocycles. The zero-order chi connectivity index (χ0) is 22.6. The molecule has 2 aromatic heterocycles. The Bertz CT molecular complexity index is 1260. The van der Waals surface area contributed by atoms with E-state index in [0.717, 1.165) is 10.5 Å². The summed E-state index contributed by atoms with van der Waals surface area (Å²) in [7, 11) is 0. The van der Waals surface area contributed by atoms with Crippen LogP contribution in [0.15, 0.2) is 53.5 Å². The van der Waals surface area contributed by atoms with Crippen molar-refractivity contribution in [3.63, 3.8) is 0 Å². The molecule has 1 aliphatic rings. The summed E-state index contributed by atoms with van der Waals surface area (Å²) in [4.78, 5) is 43.8. The lowest BCUT2D eigenvalue weighted by atomic mass is 9.84. The fourth-order valence-electron chi connectivity index (χ4n) is 3.71. The minimum Gasteiger partial charge on any atom is -0.319 e. The zero-order valence-corrected chi connectivity index (χ0v) is 18.5. The van der Waals surface area contributed by atoms with Crippen LogP contribution >= 0.6 is 11.6 Å². The molecule has 3 heterocycles. The molecule has 1 saturated heterocycles. The van der Waals surface area contributed by atoms with E-state index in [1.807, 2.05) is 24.3 Å². The summed E-state index contributed by atoms with van der Waals surface area (Å²) in [6.45, 7) is 7.92. The lowest BCUT2D eigenvalue weighted by Gasteiger charge is -2.24. The molecule has 1 aliphatic heterocycles. The number of carbonyl (C=O) groups is 2. The van der Waals surface area contributed by atoms with Crippen molar-refractivity contribution in [1.29, 1.82) is 0 Å². The van der Waals surface area contributed by atoms with Crippen LogP contribution in [0.5, 0.6) is 0 Å². The molecule has 0 radical (unpaired) electrons. The molecule has 1 unspecified atom stereocenters. The molecule has 4 rings (SSSR count). The number of imide groups is 1. The van der Waals surface area contributed by atoms with E-state index in [1.54, 1.807) is 19.1 Å². The van der Waals surface area contributed by atoms with Crippen molar-refractivity contribution in [2.24, 2.45) is 0 Å². The van der Waals surface area contributed by atoms with Gasteiger partial charge in [-0.15, -0.1) is 0 Å². The number of aromatic nitrogens is 2. The van der Waals surface area contributed by atoms with Crippen LogP contribution in [0.1, 0.15) is 44.5 Å². The molecular formula is C23H23ClN4O3. The molecule has 8 heteroatoms. The summed E-state index contributed by atoms with van der Waals surface area (Å²) in [5, 5.41) is 3.20. The van der Waals surface area contributed by atoms with Crippen LogP contribution in [0.4, 0.5) is 4.79 Å². The van der Waals surface area contributed by atoms with Crippen molar-refractivity contribution >= 4 is 29.2 Å². The van der Waals surface area contributed by atoms with Crippen LogP contribution in [0.3, 0.4) is 0 Å². The van der Waals surface area contributed by atoms with E-state index < -0.39 is 11.6 Å². The number of benzene rings is 1. The van der Waals surface area contributed by atoms with E-state index in [4.69, 9.17) is 11.6 Å². The average molecular weight is 439 g/mol. The highest BCUT2D eigenvalue weighted by Crippen LogP contribution is 2.31. The SMILES string of the molecule is CC(C)(C)c1ccc(C2(C)NC(=O)N(Cc3cc(=O)n4cc(Cl)ccc4n3)C2=O)cc1. The molecule has 7 nitrogen and oxygen atoms in total. The summed E-state index contributed by atoms with van der Waals surface area (Å²) < 4.78 is 1.32. The van der Waals surface area contributed by atoms with E-state index in [9.17, 15) is 14.4 Å². The Hall–Kier alpha value is -3.19. The van der Waals surface area contributed by atoms with Crippen LogP contribution in [-0.2, 0) is 22.3 Å². The van der Waals surface area contributed by atoms with E-state index >= 15 is 0 Å². The number of fused-ring (bicyclic) bond motifs is 1. The summed E-state index contributed by atoms with van der Waals surface area (Å²) in [5.74, 6) is -0.390. The third-order valence-electron chi connectivity index (χ3n) is 5.60. The normalized spacial score (nSPS) is 19.2. The standard InChI is InChI=1S/C23H23ClN4O3/c1-22(2,3)14-5-7-15(8-6-14)23(4)20(30)28(21(31)26-23)13-17-11-19(29)27-12-16(24)9-10-18(27)25-17/h5-12H,13H2,1-4H3,(H,26,31). The number of halogens is 1. The summed E-state index contributed by atoms with van der Waals surface area (Å²) >= 11 is 5.94. The zero-order valence-electron chi connectivity index (χ0n) is 17.8. The molecular weight excluding hydrogens is 416 g/mol. The summed E-state index contributed by atoms with van der Waals surface area (Å²) in [6, 6.07) is 11.7. The molecule has 0 saturated carbocycles. The Morgan fingerprint density at radius 1 is 1.06 bits per heavy atom. The third-order valence-corrected chi connectivity index (χ3v) is 5.82. The van der Waals surface area contributed by atoms with Gasteiger partial charge >= 0.3 is 6.03 Å². The van der Waals surface area contributed by atoms with Crippen LogP contribution in [0.2, 0.25) is 5.02 Å². The van der Waals surface area contributed by atoms with Gasteiger partial charge in [-0.1, -0.05) is 56.6 Å². The van der Waals surface area contributed by atoms with Gasteiger partial charge in [-0.05, 0) is 35.6 Å². The van der Waals surface area contributed by atoms with Gasteiger partial charge in [0.1, 0.15) is 11.2 Å². The average Bonchev–Trinajstić information content (AvgIpc) is 2.92. The first kappa shape index (κ1) is 21.1. The monoisotopic (exact) mass is 438 g/mol. The van der Waals surface area contributed by atoms with E-state index in [0.29, 0.717) is 21.9 Å². The van der Waals surface area contributed by atoms with Gasteiger partial charge in [-0.3, -0.25) is 18.9 Å². The molecule has 0 bridgehead atoms. The number of hydrogen-bond acceptors (Lipinski definition) is 4. The first-order valence-corrected chi connectivity index (χ1v) is 10.3. The highest BCUT2D eigenvalue weighted by atomic mass is 35.5. The number of amides is 3. The quantitative estimate of drug-likeness (QED) is 0.633. The molecule has 1 atom stereocenters. The van der Waals surface area contributed by atoms with Gasteiger partial charge < -0.3 is 5.32 Å². The second-order valence-electron chi connectivity index (χ2n) is 8.94. The van der Waals surface area contributed by atoms with E-state index in [2.05, 4.69) is 31.1 Å². The first-order chi connectivity index (χ1) is 14.5. The molecule has 3 aromatic rings. The van der Waals surface area contributed by atoms with Crippen LogP contribution in [-0.4, -0.2) is 26.2 Å². The predicted octanol–water partition coefficient (Wildman–Crippen LogP) is 3.61. The van der Waals surface area contributed by atoms with E-state index in [1.165, 1.54) is 16.7 Å². The lowest BCUT2D eigenvalue weighted by Crippen LogP contribution is -2.41. The van der Waals surface area contributed by atoms with Gasteiger partial charge in [0.15, 0.2) is 0 Å². The largest absolute Gasteiger partial charge is 0.325 e. The number of pyridine rings is 1. The lowest BCUT2D eigenvalue weighted by molar-refractivity contribution is -0.131. The Kier molecular flexibility index (Phi) is 4.89. The molecule has 160 valence electrons. The van der Waals surface area contributed by atoms with Crippen LogP contribution < -0.4 is 10.9 Å². The van der Waals surface area contributed by atoms with Crippen LogP contribution in [0, 0.1) is 0 Å². The highest BCUT2D eigenvalue weighted by molar-refractivity contribution is 6.30. The third kappa shape index (κ3) is 3.70. The topological polar surface area (TPSA) is 83.8 Å². The number of urea groups is 1. The van der Waals surface area contributed by atoms with Gasteiger partial charge in [-0.2, -0.15) is 0 Å². The van der Waals surface area contributed by atoms with Gasteiger partial charge in [0.05, 0.1) is 17.3 Å². The maximum Gasteiger partial charge on any atom is 0.325 e. The number of nitrogens with one attached hydrogen (secondary N) is 1. The van der Waals surface area contributed by atoms with Gasteiger partial charge in [0, 0.05) is 12.3 Å². The summed E-state index contributed by atoms with van der Waals surface area (Å²) in [6.07, 6.45) is 1.47. The molecule has 0 spiro atoms. The molecule has 31 heavy (non-hydrogen) atoms. The number of nitrogens with zero attached hydrogens (tertiary/aromatic N) is 3. The Morgan fingerprint density at radius 2 is 1.74 bits per heavy atom. The molecule has 3 amide bonds. The van der Waals surface area contributed by atoms with Gasteiger partial charge in [0.2, 0.25) is 0 Å². The predicted molar refractivity (Wildman–Crippen MR) is 118 cm³/mol. The van der Waals surface area contributed by atoms with E-state index in [-0.39, 0.29) is 23.4 Å². The Balaban J connectivity index is 1.63. The first-order valence-electron chi connectivity index (χ1n) is 9.92. The second kappa shape index (κ2) is 7.20. The van der Waals surface area contributed by atoms with Crippen molar-refractivity contribution in [1.82, 2.24) is 19.6 Å². The second-order valence-corrected chi connectivity index (χ2v) is 9.37. The van der Waals surface area contributed by atoms with Gasteiger partial charge in [-0.25, -0.2) is 9.78 Å². The molecule has 0 aliphatic carbocycles. The Morgan fingerprint density at radius 3 is 2.39 bits per heavy atom. The van der Waals surface area contributed by atoms with Crippen molar-refractivity contribution in [2.45, 2.75) is 45.2 Å². The smallest absolute Gasteiger partial charge is 0.319 e. The van der Waals surface area contributed by atoms with Crippen molar-refractivity contribution in [3.05, 3.63) is 80.9 Å². The number of carbonyl (C=O) groups excluding carboxylic acids is 2. The van der Waals surface area contributed by atoms with Crippen molar-refractivity contribution < 1.29 is 9.59 Å². The van der Waals surface area contributed by atoms with Crippen molar-refractivity contribution in [2.75, 3.05) is 0 Å². The number of hydrogen-bond donors (Lipinski definition) is 1. The fraction of sp³-hybridized carbons (Fsp3) is 0.304. The molecule has 1 fully saturated rings. The number of rotatable bonds is 3. The van der Waals surface area contributed by atoms with Crippen LogP contribution in [0.25, 0.3) is 5.65 Å². The highest BCUT2D eigenvalue weighted by Gasteiger charge is 2.49. The molecule has 1 N–H and O–H groups in total. The van der Waals surface area contributed by atoms with Gasteiger partial charge in [0.25, 0.3) is 11.5 Å².